The number of hydrogen-bond donors (Lipinski definition) is 0. The second-order valence-electron chi connectivity index (χ2n) is 18.1. The Balaban J connectivity index is 2.14. The zero-order valence-corrected chi connectivity index (χ0v) is 40.7. The van der Waals surface area contributed by atoms with Crippen LogP contribution in [0.4, 0.5) is 52.7 Å². The topological polar surface area (TPSA) is 27.7 Å². The normalized spacial score (nSPS) is 13.2. The van der Waals surface area contributed by atoms with Gasteiger partial charge in [-0.1, -0.05) is 0 Å². The monoisotopic (exact) mass is 1010 g/mol. The third-order valence-electron chi connectivity index (χ3n) is 12.9. The van der Waals surface area contributed by atoms with Gasteiger partial charge in [0.05, 0.1) is 0 Å². The van der Waals surface area contributed by atoms with Crippen molar-refractivity contribution in [3.8, 4) is 17.2 Å². The molecular formula is C52H66BF12O3P. The fourth-order valence-corrected chi connectivity index (χ4v) is 17.2. The predicted octanol–water partition coefficient (Wildman–Crippen LogP) is 17.9. The van der Waals surface area contributed by atoms with E-state index in [4.69, 9.17) is 14.0 Å². The molecule has 0 aliphatic carbocycles. The molecule has 0 spiro atoms. The first-order valence-corrected chi connectivity index (χ1v) is 27.1. The van der Waals surface area contributed by atoms with Crippen LogP contribution in [0.3, 0.4) is 0 Å². The zero-order valence-electron chi connectivity index (χ0n) is 39.8. The van der Waals surface area contributed by atoms with Gasteiger partial charge in [-0.15, -0.1) is 0 Å². The molecule has 0 amide bonds. The molecule has 0 N–H and O–H groups in total. The van der Waals surface area contributed by atoms with Crippen LogP contribution in [0, 0.1) is 0 Å². The molecule has 0 aliphatic heterocycles. The SMILES string of the molecule is CCCCCCCCP(CCCCCCCC)(CCCCCCCC)(c1cccc(C(F)(F)F)c1)c1c(OB(Oc2cccc(C(F)(F)F)c2)Oc2cccc(C(F)(F)F)c2)cccc1C(F)(F)F. The van der Waals surface area contributed by atoms with Gasteiger partial charge in [0.15, 0.2) is 0 Å². The Labute approximate surface area is 400 Å². The van der Waals surface area contributed by atoms with Gasteiger partial charge in [-0.3, -0.25) is 0 Å². The van der Waals surface area contributed by atoms with Crippen molar-refractivity contribution >= 4 is 24.5 Å². The minimum atomic E-state index is -5.12. The Morgan fingerprint density at radius 3 is 1.14 bits per heavy atom. The fourth-order valence-electron chi connectivity index (χ4n) is 9.40. The first kappa shape index (κ1) is 57.5. The van der Waals surface area contributed by atoms with E-state index in [1.807, 2.05) is 20.8 Å². The van der Waals surface area contributed by atoms with Gasteiger partial charge in [0.2, 0.25) is 0 Å². The molecule has 0 bridgehead atoms. The number of rotatable bonds is 29. The van der Waals surface area contributed by atoms with Crippen LogP contribution < -0.4 is 24.6 Å². The van der Waals surface area contributed by atoms with Crippen molar-refractivity contribution in [2.45, 2.75) is 161 Å². The Bertz CT molecular complexity index is 2050. The molecule has 0 saturated carbocycles. The molecule has 4 aromatic carbocycles. The number of benzene rings is 4. The number of alkyl halides is 12. The molecule has 0 aromatic heterocycles. The van der Waals surface area contributed by atoms with Crippen molar-refractivity contribution in [2.75, 3.05) is 18.5 Å². The van der Waals surface area contributed by atoms with E-state index in [1.165, 1.54) is 18.2 Å². The molecular weight excluding hydrogens is 942 g/mol. The molecule has 17 heteroatoms. The number of hydrogen-bond acceptors (Lipinski definition) is 3. The fraction of sp³-hybridized carbons (Fsp3) is 0.538. The Kier molecular flexibility index (Phi) is 21.6. The van der Waals surface area contributed by atoms with Gasteiger partial charge in [0, 0.05) is 0 Å². The van der Waals surface area contributed by atoms with E-state index < -0.39 is 78.1 Å². The second kappa shape index (κ2) is 25.9. The molecule has 4 rings (SSSR count). The van der Waals surface area contributed by atoms with Gasteiger partial charge in [-0.25, -0.2) is 0 Å². The van der Waals surface area contributed by atoms with Crippen LogP contribution in [0.25, 0.3) is 0 Å². The molecule has 0 atom stereocenters. The van der Waals surface area contributed by atoms with E-state index >= 15 is 13.2 Å². The molecule has 0 saturated heterocycles. The van der Waals surface area contributed by atoms with Crippen molar-refractivity contribution in [2.24, 2.45) is 0 Å². The number of halogens is 12. The maximum atomic E-state index is 16.1. The van der Waals surface area contributed by atoms with E-state index in [-0.39, 0.29) is 29.1 Å². The molecule has 4 aromatic rings. The second-order valence-corrected chi connectivity index (χ2v) is 23.9. The van der Waals surface area contributed by atoms with Gasteiger partial charge in [-0.2, -0.15) is 0 Å². The van der Waals surface area contributed by atoms with Gasteiger partial charge >= 0.3 is 401 Å². The summed E-state index contributed by atoms with van der Waals surface area (Å²) in [5.74, 6) is -1.60. The van der Waals surface area contributed by atoms with E-state index in [1.54, 1.807) is 0 Å². The predicted molar refractivity (Wildman–Crippen MR) is 254 cm³/mol. The van der Waals surface area contributed by atoms with E-state index in [9.17, 15) is 39.5 Å². The first-order valence-electron chi connectivity index (χ1n) is 24.3. The zero-order chi connectivity index (χ0) is 50.8. The molecule has 3 nitrogen and oxygen atoms in total. The van der Waals surface area contributed by atoms with Gasteiger partial charge in [-0.05, 0) is 0 Å². The maximum absolute atomic E-state index is 16.1. The average molecular weight is 1010 g/mol. The van der Waals surface area contributed by atoms with Crippen LogP contribution in [0.5, 0.6) is 17.2 Å². The molecule has 0 heterocycles. The average Bonchev–Trinajstić information content (AvgIpc) is 3.29. The van der Waals surface area contributed by atoms with Gasteiger partial charge in [0.1, 0.15) is 0 Å². The third kappa shape index (κ3) is 16.5. The standard InChI is InChI=1S/C52H66BF12O3P/c1-4-7-10-13-16-19-34-69(35-20-17-14-11-8-5-2,36-21-18-15-12-9-6-3,45-31-24-28-42(39-45)51(60,61)62)48-46(52(63,64)65)32-25-33-47(48)68-53(66-43-29-22-26-40(37-43)49(54,55)56)67-44-30-23-27-41(38-44)50(57,58)59/h22-33,37-39H,4-21,34-36H2,1-3H3. The summed E-state index contributed by atoms with van der Waals surface area (Å²) in [6, 6.07) is 14.6. The van der Waals surface area contributed by atoms with Crippen molar-refractivity contribution in [3.05, 3.63) is 113 Å². The van der Waals surface area contributed by atoms with Crippen LogP contribution >= 0.6 is 6.60 Å². The molecule has 69 heavy (non-hydrogen) atoms. The summed E-state index contributed by atoms with van der Waals surface area (Å²) >= 11 is 0. The van der Waals surface area contributed by atoms with Crippen molar-refractivity contribution in [1.82, 2.24) is 0 Å². The molecule has 0 aliphatic rings. The van der Waals surface area contributed by atoms with Crippen LogP contribution in [-0.4, -0.2) is 25.8 Å². The minimum absolute atomic E-state index is 0.0834. The van der Waals surface area contributed by atoms with Crippen LogP contribution in [-0.2, 0) is 24.7 Å². The summed E-state index contributed by atoms with van der Waals surface area (Å²) in [6.07, 6.45) is -6.42. The van der Waals surface area contributed by atoms with E-state index in [0.29, 0.717) is 50.7 Å². The van der Waals surface area contributed by atoms with Crippen molar-refractivity contribution in [1.29, 1.82) is 0 Å². The Morgan fingerprint density at radius 2 is 0.754 bits per heavy atom. The van der Waals surface area contributed by atoms with Crippen molar-refractivity contribution < 1.29 is 66.6 Å². The summed E-state index contributed by atoms with van der Waals surface area (Å²) < 4.78 is 195. The molecule has 384 valence electrons. The van der Waals surface area contributed by atoms with Crippen molar-refractivity contribution in [3.63, 3.8) is 0 Å². The van der Waals surface area contributed by atoms with Gasteiger partial charge in [0.25, 0.3) is 0 Å². The Morgan fingerprint density at radius 1 is 0.391 bits per heavy atom. The molecule has 0 unspecified atom stereocenters. The number of unbranched alkanes of at least 4 members (excludes halogenated alkanes) is 15. The van der Waals surface area contributed by atoms with Gasteiger partial charge < -0.3 is 0 Å². The van der Waals surface area contributed by atoms with Crippen LogP contribution in [0.2, 0.25) is 0 Å². The summed E-state index contributed by atoms with van der Waals surface area (Å²) in [7, 11) is -2.32. The summed E-state index contributed by atoms with van der Waals surface area (Å²) in [5, 5.41) is -0.238. The third-order valence-corrected chi connectivity index (χ3v) is 20.4. The summed E-state index contributed by atoms with van der Waals surface area (Å²) in [6.45, 7) is 1.38. The molecule has 0 fully saturated rings. The molecule has 0 radical (unpaired) electrons. The first-order chi connectivity index (χ1) is 32.6. The summed E-state index contributed by atoms with van der Waals surface area (Å²) in [4.78, 5) is 0. The Hall–Kier alpha value is -4.07. The summed E-state index contributed by atoms with van der Waals surface area (Å²) in [5.41, 5.74) is -4.55. The van der Waals surface area contributed by atoms with E-state index in [0.717, 1.165) is 138 Å². The van der Waals surface area contributed by atoms with E-state index in [2.05, 4.69) is 0 Å². The van der Waals surface area contributed by atoms with Crippen LogP contribution in [0.15, 0.2) is 91.0 Å². The van der Waals surface area contributed by atoms with Crippen LogP contribution in [0.1, 0.15) is 159 Å². The quantitative estimate of drug-likeness (QED) is 0.0235.